The van der Waals surface area contributed by atoms with Crippen LogP contribution in [-0.2, 0) is 19.1 Å². The highest BCUT2D eigenvalue weighted by atomic mass is 16.5. The lowest BCUT2D eigenvalue weighted by atomic mass is 9.85. The molecule has 33 heavy (non-hydrogen) atoms. The van der Waals surface area contributed by atoms with Crippen molar-refractivity contribution >= 4 is 29.6 Å². The number of carbonyl (C=O) groups is 3. The van der Waals surface area contributed by atoms with Crippen molar-refractivity contribution in [1.29, 1.82) is 0 Å². The van der Waals surface area contributed by atoms with Gasteiger partial charge in [0.1, 0.15) is 5.75 Å². The van der Waals surface area contributed by atoms with Crippen molar-refractivity contribution in [2.45, 2.75) is 6.42 Å². The maximum absolute atomic E-state index is 12.9. The second kappa shape index (κ2) is 8.62. The van der Waals surface area contributed by atoms with Gasteiger partial charge in [0.15, 0.2) is 6.61 Å². The number of hydrogen-bond acceptors (Lipinski definition) is 7. The van der Waals surface area contributed by atoms with Crippen LogP contribution in [0, 0.1) is 23.7 Å². The van der Waals surface area contributed by atoms with Crippen molar-refractivity contribution in [2.24, 2.45) is 28.8 Å². The van der Waals surface area contributed by atoms with Crippen molar-refractivity contribution in [3.8, 4) is 5.75 Å². The standard InChI is InChI=1S/C24H28N4O5/c1-26(2)18-6-5-17(19(12-18)33-14-20(29)27-7-9-32-10-8-27)13-25-28-23(30)21-15-3-4-16(11-15)22(21)24(28)31/h3-6,12-13,15-16,21-22H,7-11,14H2,1-2H3. The summed E-state index contributed by atoms with van der Waals surface area (Å²) in [7, 11) is 3.82. The molecule has 9 nitrogen and oxygen atoms in total. The van der Waals surface area contributed by atoms with E-state index in [1.165, 1.54) is 6.21 Å². The highest BCUT2D eigenvalue weighted by Gasteiger charge is 2.59. The van der Waals surface area contributed by atoms with Gasteiger partial charge in [-0.1, -0.05) is 12.2 Å². The van der Waals surface area contributed by atoms with Crippen molar-refractivity contribution in [2.75, 3.05) is 51.9 Å². The Kier molecular flexibility index (Phi) is 5.65. The van der Waals surface area contributed by atoms with Crippen LogP contribution in [-0.4, -0.2) is 80.9 Å². The van der Waals surface area contributed by atoms with E-state index < -0.39 is 0 Å². The minimum atomic E-state index is -0.289. The van der Waals surface area contributed by atoms with Crippen LogP contribution in [0.15, 0.2) is 35.5 Å². The average Bonchev–Trinajstić information content (AvgIpc) is 3.51. The molecule has 174 valence electrons. The lowest BCUT2D eigenvalue weighted by molar-refractivity contribution is -0.140. The van der Waals surface area contributed by atoms with Crippen molar-refractivity contribution in [3.05, 3.63) is 35.9 Å². The number of benzene rings is 1. The van der Waals surface area contributed by atoms with E-state index in [0.717, 1.165) is 17.1 Å². The summed E-state index contributed by atoms with van der Waals surface area (Å²) in [6.07, 6.45) is 6.47. The SMILES string of the molecule is CN(C)c1ccc(C=NN2C(=O)C3C4C=CC(C4)C3C2=O)c(OCC(=O)N2CCOCC2)c1. The van der Waals surface area contributed by atoms with Crippen LogP contribution in [0.25, 0.3) is 0 Å². The molecule has 1 saturated carbocycles. The molecular formula is C24H28N4O5. The van der Waals surface area contributed by atoms with Gasteiger partial charge >= 0.3 is 0 Å². The zero-order valence-electron chi connectivity index (χ0n) is 18.8. The predicted molar refractivity (Wildman–Crippen MR) is 121 cm³/mol. The van der Waals surface area contributed by atoms with Gasteiger partial charge in [-0.3, -0.25) is 14.4 Å². The summed E-state index contributed by atoms with van der Waals surface area (Å²) in [4.78, 5) is 41.9. The number of morpholine rings is 1. The Bertz CT molecular complexity index is 1000. The molecule has 0 N–H and O–H groups in total. The number of anilines is 1. The van der Waals surface area contributed by atoms with Crippen LogP contribution in [0.5, 0.6) is 5.75 Å². The van der Waals surface area contributed by atoms with Crippen LogP contribution >= 0.6 is 0 Å². The molecule has 0 spiro atoms. The summed E-state index contributed by atoms with van der Waals surface area (Å²) >= 11 is 0. The third-order valence-corrected chi connectivity index (χ3v) is 6.99. The van der Waals surface area contributed by atoms with E-state index in [4.69, 9.17) is 9.47 Å². The van der Waals surface area contributed by atoms with E-state index in [-0.39, 0.29) is 48.0 Å². The van der Waals surface area contributed by atoms with Crippen molar-refractivity contribution in [3.63, 3.8) is 0 Å². The van der Waals surface area contributed by atoms with Gasteiger partial charge in [-0.05, 0) is 30.4 Å². The highest BCUT2D eigenvalue weighted by molar-refractivity contribution is 6.07. The Labute approximate surface area is 192 Å². The fraction of sp³-hybridized carbons (Fsp3) is 0.500. The Balaban J connectivity index is 1.33. The molecule has 2 bridgehead atoms. The maximum atomic E-state index is 12.9. The first kappa shape index (κ1) is 21.6. The molecule has 5 rings (SSSR count). The number of rotatable bonds is 6. The number of hydrogen-bond donors (Lipinski definition) is 0. The predicted octanol–water partition coefficient (Wildman–Crippen LogP) is 1.13. The molecule has 2 aliphatic heterocycles. The molecule has 3 fully saturated rings. The molecule has 4 atom stereocenters. The van der Waals surface area contributed by atoms with E-state index in [0.29, 0.717) is 37.6 Å². The van der Waals surface area contributed by atoms with Crippen LogP contribution < -0.4 is 9.64 Å². The molecule has 2 aliphatic carbocycles. The maximum Gasteiger partial charge on any atom is 0.260 e. The normalized spacial score (nSPS) is 28.2. The summed E-state index contributed by atoms with van der Waals surface area (Å²) in [6.45, 7) is 2.03. The van der Waals surface area contributed by atoms with Gasteiger partial charge in [0.05, 0.1) is 31.3 Å². The topological polar surface area (TPSA) is 91.8 Å². The summed E-state index contributed by atoms with van der Waals surface area (Å²) in [6, 6.07) is 5.52. The van der Waals surface area contributed by atoms with E-state index >= 15 is 0 Å². The van der Waals surface area contributed by atoms with Crippen LogP contribution in [0.1, 0.15) is 12.0 Å². The molecule has 2 heterocycles. The van der Waals surface area contributed by atoms with Gasteiger partial charge in [0.2, 0.25) is 0 Å². The van der Waals surface area contributed by atoms with Crippen LogP contribution in [0.4, 0.5) is 5.69 Å². The highest BCUT2D eigenvalue weighted by Crippen LogP contribution is 2.52. The van der Waals surface area contributed by atoms with Gasteiger partial charge in [-0.2, -0.15) is 10.1 Å². The lowest BCUT2D eigenvalue weighted by Gasteiger charge is -2.27. The third kappa shape index (κ3) is 3.90. The summed E-state index contributed by atoms with van der Waals surface area (Å²) in [5, 5.41) is 5.28. The van der Waals surface area contributed by atoms with E-state index in [9.17, 15) is 14.4 Å². The largest absolute Gasteiger partial charge is 0.483 e. The van der Waals surface area contributed by atoms with Crippen molar-refractivity contribution < 1.29 is 23.9 Å². The van der Waals surface area contributed by atoms with Gasteiger partial charge in [-0.15, -0.1) is 0 Å². The zero-order valence-corrected chi connectivity index (χ0v) is 18.8. The van der Waals surface area contributed by atoms with Gasteiger partial charge in [0, 0.05) is 44.5 Å². The minimum Gasteiger partial charge on any atom is -0.483 e. The number of nitrogens with zero attached hydrogens (tertiary/aromatic N) is 4. The summed E-state index contributed by atoms with van der Waals surface area (Å²) in [5.41, 5.74) is 1.49. The minimum absolute atomic E-state index is 0.113. The summed E-state index contributed by atoms with van der Waals surface area (Å²) < 4.78 is 11.2. The van der Waals surface area contributed by atoms with Gasteiger partial charge < -0.3 is 19.3 Å². The van der Waals surface area contributed by atoms with E-state index in [2.05, 4.69) is 17.3 Å². The molecule has 1 aromatic rings. The van der Waals surface area contributed by atoms with Crippen LogP contribution in [0.2, 0.25) is 0 Å². The molecule has 4 aliphatic rings. The van der Waals surface area contributed by atoms with Crippen LogP contribution in [0.3, 0.4) is 0 Å². The quantitative estimate of drug-likeness (QED) is 0.365. The fourth-order valence-electron chi connectivity index (χ4n) is 5.20. The first-order valence-corrected chi connectivity index (χ1v) is 11.3. The molecule has 2 saturated heterocycles. The molecule has 9 heteroatoms. The average molecular weight is 453 g/mol. The number of hydrazone groups is 1. The molecule has 0 radical (unpaired) electrons. The number of allylic oxidation sites excluding steroid dienone is 2. The Morgan fingerprint density at radius 2 is 1.82 bits per heavy atom. The first-order valence-electron chi connectivity index (χ1n) is 11.3. The van der Waals surface area contributed by atoms with E-state index in [1.54, 1.807) is 4.90 Å². The molecular weight excluding hydrogens is 424 g/mol. The summed E-state index contributed by atoms with van der Waals surface area (Å²) in [5.74, 6) is -0.404. The number of carbonyl (C=O) groups excluding carboxylic acids is 3. The first-order chi connectivity index (χ1) is 15.9. The van der Waals surface area contributed by atoms with Crippen molar-refractivity contribution in [1.82, 2.24) is 9.91 Å². The van der Waals surface area contributed by atoms with Gasteiger partial charge in [-0.25, -0.2) is 0 Å². The van der Waals surface area contributed by atoms with Gasteiger partial charge in [0.25, 0.3) is 17.7 Å². The Hall–Kier alpha value is -3.20. The second-order valence-electron chi connectivity index (χ2n) is 9.13. The molecule has 3 amide bonds. The molecule has 4 unspecified atom stereocenters. The molecule has 0 aromatic heterocycles. The fourth-order valence-corrected chi connectivity index (χ4v) is 5.20. The monoisotopic (exact) mass is 452 g/mol. The number of imide groups is 1. The number of amides is 3. The molecule has 1 aromatic carbocycles. The smallest absolute Gasteiger partial charge is 0.260 e. The second-order valence-corrected chi connectivity index (χ2v) is 9.13. The lowest BCUT2D eigenvalue weighted by Crippen LogP contribution is -2.43. The zero-order chi connectivity index (χ0) is 23.1. The van der Waals surface area contributed by atoms with E-state index in [1.807, 2.05) is 37.2 Å². The Morgan fingerprint density at radius 3 is 2.45 bits per heavy atom. The Morgan fingerprint density at radius 1 is 1.15 bits per heavy atom. The third-order valence-electron chi connectivity index (χ3n) is 6.99. The number of ether oxygens (including phenoxy) is 2. The number of fused-ring (bicyclic) bond motifs is 5.